The Hall–Kier alpha value is -4.57. The van der Waals surface area contributed by atoms with Gasteiger partial charge in [-0.15, -0.1) is 0 Å². The lowest BCUT2D eigenvalue weighted by atomic mass is 9.75. The predicted molar refractivity (Wildman–Crippen MR) is 142 cm³/mol. The Balaban J connectivity index is 1.34. The number of anilines is 1. The summed E-state index contributed by atoms with van der Waals surface area (Å²) >= 11 is 0. The number of nitrogens with zero attached hydrogens (tertiary/aromatic N) is 1. The normalized spacial score (nSPS) is 27.2. The third-order valence-corrected chi connectivity index (χ3v) is 7.79. The lowest BCUT2D eigenvalue weighted by Gasteiger charge is -2.32. The van der Waals surface area contributed by atoms with Gasteiger partial charge in [-0.1, -0.05) is 23.7 Å². The van der Waals surface area contributed by atoms with Crippen LogP contribution in [-0.4, -0.2) is 56.6 Å². The van der Waals surface area contributed by atoms with Gasteiger partial charge < -0.3 is 25.0 Å². The van der Waals surface area contributed by atoms with Gasteiger partial charge in [0.1, 0.15) is 23.5 Å². The van der Waals surface area contributed by atoms with E-state index in [0.717, 1.165) is 11.1 Å². The number of epoxide rings is 1. The van der Waals surface area contributed by atoms with E-state index in [1.54, 1.807) is 39.0 Å². The number of amides is 1. The third kappa shape index (κ3) is 3.35. The van der Waals surface area contributed by atoms with Crippen LogP contribution in [0.1, 0.15) is 69.3 Å². The number of aromatic hydroxyl groups is 1. The molecule has 1 saturated heterocycles. The van der Waals surface area contributed by atoms with E-state index in [9.17, 15) is 24.6 Å². The first kappa shape index (κ1) is 24.5. The van der Waals surface area contributed by atoms with Crippen LogP contribution < -0.4 is 5.32 Å². The first-order valence-electron chi connectivity index (χ1n) is 12.9. The molecule has 2 aromatic rings. The molecule has 1 amide bonds. The second-order valence-corrected chi connectivity index (χ2v) is 11.5. The molecule has 0 saturated carbocycles. The van der Waals surface area contributed by atoms with Crippen molar-refractivity contribution in [3.63, 3.8) is 0 Å². The second-order valence-electron chi connectivity index (χ2n) is 11.5. The molecule has 2 aliphatic carbocycles. The Morgan fingerprint density at radius 1 is 1.05 bits per heavy atom. The summed E-state index contributed by atoms with van der Waals surface area (Å²) in [7, 11) is 0. The van der Waals surface area contributed by atoms with Crippen LogP contribution in [0.15, 0.2) is 30.4 Å². The summed E-state index contributed by atoms with van der Waals surface area (Å²) in [5, 5.41) is 25.4. The van der Waals surface area contributed by atoms with Gasteiger partial charge in [-0.05, 0) is 62.2 Å². The number of rotatable bonds is 0. The highest BCUT2D eigenvalue weighted by atomic mass is 16.6. The Bertz CT molecular complexity index is 1740. The number of aliphatic hydroxyl groups excluding tert-OH is 1. The number of fused-ring (bicyclic) bond motifs is 5. The Labute approximate surface area is 229 Å². The predicted octanol–water partition coefficient (Wildman–Crippen LogP) is 2.74. The minimum atomic E-state index is -1.31. The first-order chi connectivity index (χ1) is 19.0. The number of aliphatic hydroxyl groups is 1. The fraction of sp³-hybridized carbons (Fsp3) is 0.323. The van der Waals surface area contributed by atoms with Crippen molar-refractivity contribution in [2.45, 2.75) is 63.3 Å². The van der Waals surface area contributed by atoms with Crippen molar-refractivity contribution in [1.82, 2.24) is 4.90 Å². The van der Waals surface area contributed by atoms with E-state index in [0.29, 0.717) is 5.56 Å². The summed E-state index contributed by atoms with van der Waals surface area (Å²) in [4.78, 5) is 42.1. The minimum absolute atomic E-state index is 0.00216. The van der Waals surface area contributed by atoms with Crippen LogP contribution in [0.3, 0.4) is 0 Å². The molecular weight excluding hydrogens is 512 g/mol. The highest BCUT2D eigenvalue weighted by Gasteiger charge is 2.69. The quantitative estimate of drug-likeness (QED) is 0.227. The number of phenols is 1. The summed E-state index contributed by atoms with van der Waals surface area (Å²) in [5.74, 6) is 10.1. The van der Waals surface area contributed by atoms with Gasteiger partial charge in [0, 0.05) is 29.8 Å². The number of ketones is 2. The molecule has 4 atom stereocenters. The molecule has 7 rings (SSSR count). The number of ether oxygens (including phenoxy) is 2. The zero-order valence-electron chi connectivity index (χ0n) is 21.9. The largest absolute Gasteiger partial charge is 0.507 e. The molecule has 3 aliphatic heterocycles. The van der Waals surface area contributed by atoms with Crippen LogP contribution in [-0.2, 0) is 28.2 Å². The average molecular weight is 537 g/mol. The standard InChI is InChI=1S/C31H24N2O7/c1-30(2,3)40-29(38)33-13-15-10-17-18(11-16(15)14-33)27(37)24-23(26(17)36)21(34)12-19-25(24)32-20-8-6-4-5-7-9-22(35)31(19)28(20)39-31/h4-5,10-12,20,22,28,32,34-35H,13-14H2,1-3H3/b5-4-/t20-,22+,28?,31-/m0/s1. The zero-order valence-corrected chi connectivity index (χ0v) is 21.9. The topological polar surface area (TPSA) is 129 Å². The minimum Gasteiger partial charge on any atom is -0.507 e. The van der Waals surface area contributed by atoms with E-state index in [1.807, 2.05) is 0 Å². The molecular formula is C31H24N2O7. The second kappa shape index (κ2) is 7.98. The molecule has 2 bridgehead atoms. The SMILES string of the molecule is CC(C)(C)OC(=O)N1Cc2cc3c(cc2C1)C(=O)c1c2c(cc(O)c1C3=O)[C@@]13OC1[C@H](C#C/C=C\C#C[C@H]3O)N2. The summed E-state index contributed by atoms with van der Waals surface area (Å²) in [6.07, 6.45) is 0.777. The monoisotopic (exact) mass is 536 g/mol. The molecule has 9 nitrogen and oxygen atoms in total. The average Bonchev–Trinajstić information content (AvgIpc) is 3.53. The number of nitrogens with one attached hydrogen (secondary N) is 1. The van der Waals surface area contributed by atoms with Gasteiger partial charge in [0.2, 0.25) is 0 Å². The number of phenolic OH excluding ortho intramolecular Hbond substituents is 1. The van der Waals surface area contributed by atoms with Crippen LogP contribution >= 0.6 is 0 Å². The Morgan fingerprint density at radius 3 is 2.33 bits per heavy atom. The van der Waals surface area contributed by atoms with Crippen molar-refractivity contribution in [3.8, 4) is 29.4 Å². The fourth-order valence-corrected chi connectivity index (χ4v) is 6.01. The maximum atomic E-state index is 14.1. The van der Waals surface area contributed by atoms with Gasteiger partial charge >= 0.3 is 6.09 Å². The summed E-state index contributed by atoms with van der Waals surface area (Å²) < 4.78 is 11.5. The van der Waals surface area contributed by atoms with E-state index in [4.69, 9.17) is 9.47 Å². The number of hydrogen-bond donors (Lipinski definition) is 3. The van der Waals surface area contributed by atoms with E-state index >= 15 is 0 Å². The van der Waals surface area contributed by atoms with Gasteiger partial charge in [-0.25, -0.2) is 4.79 Å². The van der Waals surface area contributed by atoms with Crippen LogP contribution in [0, 0.1) is 23.7 Å². The Kier molecular flexibility index (Phi) is 4.88. The fourth-order valence-electron chi connectivity index (χ4n) is 6.01. The number of hydrogen-bond acceptors (Lipinski definition) is 8. The molecule has 0 spiro atoms. The molecule has 0 aromatic heterocycles. The molecule has 2 aromatic carbocycles. The first-order valence-corrected chi connectivity index (χ1v) is 12.9. The van der Waals surface area contributed by atoms with Crippen LogP contribution in [0.5, 0.6) is 5.75 Å². The van der Waals surface area contributed by atoms with Crippen molar-refractivity contribution in [2.24, 2.45) is 0 Å². The van der Waals surface area contributed by atoms with Crippen molar-refractivity contribution in [2.75, 3.05) is 5.32 Å². The summed E-state index contributed by atoms with van der Waals surface area (Å²) in [6.45, 7) is 5.82. The molecule has 9 heteroatoms. The lowest BCUT2D eigenvalue weighted by molar-refractivity contribution is 0.0241. The van der Waals surface area contributed by atoms with Crippen LogP contribution in [0.2, 0.25) is 0 Å². The molecule has 40 heavy (non-hydrogen) atoms. The van der Waals surface area contributed by atoms with Gasteiger partial charge in [-0.2, -0.15) is 0 Å². The highest BCUT2D eigenvalue weighted by Crippen LogP contribution is 2.59. The van der Waals surface area contributed by atoms with E-state index in [1.165, 1.54) is 17.0 Å². The zero-order chi connectivity index (χ0) is 28.1. The molecule has 200 valence electrons. The molecule has 3 N–H and O–H groups in total. The third-order valence-electron chi connectivity index (χ3n) is 7.79. The maximum absolute atomic E-state index is 14.1. The number of allylic oxidation sites excluding steroid dienone is 2. The molecule has 5 aliphatic rings. The summed E-state index contributed by atoms with van der Waals surface area (Å²) in [6, 6.07) is 4.04. The Morgan fingerprint density at radius 2 is 1.68 bits per heavy atom. The number of benzene rings is 2. The van der Waals surface area contributed by atoms with E-state index in [-0.39, 0.29) is 46.8 Å². The van der Waals surface area contributed by atoms with Crippen molar-refractivity contribution in [3.05, 3.63) is 69.3 Å². The van der Waals surface area contributed by atoms with E-state index < -0.39 is 47.1 Å². The molecule has 1 unspecified atom stereocenters. The van der Waals surface area contributed by atoms with Crippen molar-refractivity contribution < 1.29 is 34.1 Å². The van der Waals surface area contributed by atoms with Crippen molar-refractivity contribution >= 4 is 23.3 Å². The van der Waals surface area contributed by atoms with Crippen LogP contribution in [0.4, 0.5) is 10.5 Å². The van der Waals surface area contributed by atoms with Crippen LogP contribution in [0.25, 0.3) is 0 Å². The van der Waals surface area contributed by atoms with Gasteiger partial charge in [0.05, 0.1) is 16.8 Å². The molecule has 3 heterocycles. The van der Waals surface area contributed by atoms with Gasteiger partial charge in [-0.3, -0.25) is 14.5 Å². The lowest BCUT2D eigenvalue weighted by Crippen LogP contribution is -2.42. The van der Waals surface area contributed by atoms with Gasteiger partial charge in [0.25, 0.3) is 0 Å². The van der Waals surface area contributed by atoms with E-state index in [2.05, 4.69) is 29.0 Å². The highest BCUT2D eigenvalue weighted by molar-refractivity contribution is 6.31. The van der Waals surface area contributed by atoms with Crippen molar-refractivity contribution in [1.29, 1.82) is 0 Å². The maximum Gasteiger partial charge on any atom is 0.410 e. The van der Waals surface area contributed by atoms with Gasteiger partial charge in [0.15, 0.2) is 23.3 Å². The number of carbonyl (C=O) groups excluding carboxylic acids is 3. The smallest absolute Gasteiger partial charge is 0.410 e. The molecule has 0 radical (unpaired) electrons. The molecule has 1 fully saturated rings. The number of carbonyl (C=O) groups is 3. The summed E-state index contributed by atoms with van der Waals surface area (Å²) in [5.41, 5.74) is 0.342.